The van der Waals surface area contributed by atoms with E-state index < -0.39 is 10.0 Å². The minimum atomic E-state index is -3.62. The van der Waals surface area contributed by atoms with Crippen LogP contribution in [0.1, 0.15) is 42.3 Å². The lowest BCUT2D eigenvalue weighted by Crippen LogP contribution is -2.24. The van der Waals surface area contributed by atoms with Gasteiger partial charge in [0.1, 0.15) is 0 Å². The van der Waals surface area contributed by atoms with Crippen molar-refractivity contribution in [2.45, 2.75) is 39.1 Å². The lowest BCUT2D eigenvalue weighted by Gasteiger charge is -2.18. The zero-order valence-electron chi connectivity index (χ0n) is 17.0. The van der Waals surface area contributed by atoms with Gasteiger partial charge in [0, 0.05) is 24.3 Å². The first-order valence-corrected chi connectivity index (χ1v) is 11.0. The van der Waals surface area contributed by atoms with Crippen LogP contribution < -0.4 is 10.0 Å². The van der Waals surface area contributed by atoms with Crippen molar-refractivity contribution >= 4 is 21.6 Å². The van der Waals surface area contributed by atoms with Crippen molar-refractivity contribution in [3.63, 3.8) is 0 Å². The molecular formula is C21H29N3O3S. The van der Waals surface area contributed by atoms with Crippen LogP contribution in [-0.2, 0) is 16.6 Å². The van der Waals surface area contributed by atoms with Crippen LogP contribution in [0.2, 0.25) is 0 Å². The molecule has 0 aromatic heterocycles. The van der Waals surface area contributed by atoms with Crippen molar-refractivity contribution in [2.75, 3.05) is 25.0 Å². The van der Waals surface area contributed by atoms with Crippen LogP contribution in [0, 0.1) is 6.92 Å². The Morgan fingerprint density at radius 2 is 1.75 bits per heavy atom. The third-order valence-corrected chi connectivity index (χ3v) is 6.13. The van der Waals surface area contributed by atoms with Gasteiger partial charge in [-0.25, -0.2) is 13.1 Å². The van der Waals surface area contributed by atoms with Crippen LogP contribution in [0.3, 0.4) is 0 Å². The second kappa shape index (κ2) is 9.82. The molecule has 2 rings (SSSR count). The molecule has 0 saturated heterocycles. The van der Waals surface area contributed by atoms with Crippen LogP contribution >= 0.6 is 0 Å². The number of nitrogens with one attached hydrogen (secondary N) is 2. The van der Waals surface area contributed by atoms with Crippen molar-refractivity contribution in [2.24, 2.45) is 0 Å². The van der Waals surface area contributed by atoms with Crippen molar-refractivity contribution in [1.82, 2.24) is 9.62 Å². The van der Waals surface area contributed by atoms with Crippen LogP contribution in [-0.4, -0.2) is 38.9 Å². The number of amides is 1. The molecular weight excluding hydrogens is 374 g/mol. The first-order chi connectivity index (χ1) is 13.3. The van der Waals surface area contributed by atoms with Gasteiger partial charge in [-0.1, -0.05) is 39.0 Å². The summed E-state index contributed by atoms with van der Waals surface area (Å²) in [4.78, 5) is 15.2. The summed E-state index contributed by atoms with van der Waals surface area (Å²) < 4.78 is 26.9. The highest BCUT2D eigenvalue weighted by atomic mass is 32.2. The standard InChI is InChI=1S/C21H29N3O3S/c1-5-22-28(26,27)19-12-11-16(4)20(14-19)21(25)23-18-10-8-9-17(13-18)15-24(6-2)7-3/h8-14,22H,5-7,15H2,1-4H3,(H,23,25). The fraction of sp³-hybridized carbons (Fsp3) is 0.381. The molecule has 7 heteroatoms. The molecule has 0 atom stereocenters. The minimum Gasteiger partial charge on any atom is -0.322 e. The van der Waals surface area contributed by atoms with Gasteiger partial charge in [-0.05, 0) is 55.4 Å². The maximum atomic E-state index is 12.8. The molecule has 0 saturated carbocycles. The number of hydrogen-bond donors (Lipinski definition) is 2. The summed E-state index contributed by atoms with van der Waals surface area (Å²) in [6.45, 7) is 10.8. The minimum absolute atomic E-state index is 0.0837. The third kappa shape index (κ3) is 5.64. The fourth-order valence-corrected chi connectivity index (χ4v) is 4.00. The zero-order chi connectivity index (χ0) is 20.7. The van der Waals surface area contributed by atoms with Gasteiger partial charge >= 0.3 is 0 Å². The molecule has 0 aliphatic rings. The predicted molar refractivity (Wildman–Crippen MR) is 113 cm³/mol. The summed E-state index contributed by atoms with van der Waals surface area (Å²) in [6.07, 6.45) is 0. The maximum Gasteiger partial charge on any atom is 0.255 e. The van der Waals surface area contributed by atoms with Crippen LogP contribution in [0.25, 0.3) is 0 Å². The van der Waals surface area contributed by atoms with E-state index in [1.54, 1.807) is 19.9 Å². The molecule has 0 radical (unpaired) electrons. The van der Waals surface area contributed by atoms with E-state index in [0.29, 0.717) is 16.8 Å². The smallest absolute Gasteiger partial charge is 0.255 e. The van der Waals surface area contributed by atoms with Crippen molar-refractivity contribution in [3.8, 4) is 0 Å². The summed E-state index contributed by atoms with van der Waals surface area (Å²) in [5.41, 5.74) is 2.86. The van der Waals surface area contributed by atoms with E-state index in [1.165, 1.54) is 12.1 Å². The first-order valence-electron chi connectivity index (χ1n) is 9.53. The third-order valence-electron chi connectivity index (χ3n) is 4.58. The van der Waals surface area contributed by atoms with E-state index in [4.69, 9.17) is 0 Å². The molecule has 1 amide bonds. The summed E-state index contributed by atoms with van der Waals surface area (Å²) in [5.74, 6) is -0.328. The normalized spacial score (nSPS) is 11.6. The highest BCUT2D eigenvalue weighted by Gasteiger charge is 2.17. The van der Waals surface area contributed by atoms with E-state index >= 15 is 0 Å². The molecule has 0 unspecified atom stereocenters. The fourth-order valence-electron chi connectivity index (χ4n) is 2.94. The average Bonchev–Trinajstić information content (AvgIpc) is 2.66. The summed E-state index contributed by atoms with van der Waals surface area (Å²) >= 11 is 0. The number of sulfonamides is 1. The number of nitrogens with zero attached hydrogens (tertiary/aromatic N) is 1. The Labute approximate surface area is 168 Å². The van der Waals surface area contributed by atoms with Gasteiger partial charge in [0.15, 0.2) is 0 Å². The van der Waals surface area contributed by atoms with Crippen molar-refractivity contribution < 1.29 is 13.2 Å². The number of anilines is 1. The van der Waals surface area contributed by atoms with E-state index in [9.17, 15) is 13.2 Å². The quantitative estimate of drug-likeness (QED) is 0.673. The lowest BCUT2D eigenvalue weighted by molar-refractivity contribution is 0.102. The Bertz CT molecular complexity index is 922. The SMILES string of the molecule is CCNS(=O)(=O)c1ccc(C)c(C(=O)Nc2cccc(CN(CC)CC)c2)c1. The molecule has 6 nitrogen and oxygen atoms in total. The molecule has 0 heterocycles. The molecule has 0 aliphatic carbocycles. The summed E-state index contributed by atoms with van der Waals surface area (Å²) in [5, 5.41) is 2.89. The highest BCUT2D eigenvalue weighted by Crippen LogP contribution is 2.19. The van der Waals surface area contributed by atoms with E-state index in [0.717, 1.165) is 25.2 Å². The lowest BCUT2D eigenvalue weighted by atomic mass is 10.1. The van der Waals surface area contributed by atoms with E-state index in [-0.39, 0.29) is 17.3 Å². The molecule has 28 heavy (non-hydrogen) atoms. The van der Waals surface area contributed by atoms with Gasteiger partial charge in [0.25, 0.3) is 5.91 Å². The molecule has 0 fully saturated rings. The number of aryl methyl sites for hydroxylation is 1. The predicted octanol–water partition coefficient (Wildman–Crippen LogP) is 3.39. The van der Waals surface area contributed by atoms with Crippen LogP contribution in [0.5, 0.6) is 0 Å². The molecule has 2 aromatic carbocycles. The monoisotopic (exact) mass is 403 g/mol. The van der Waals surface area contributed by atoms with Crippen LogP contribution in [0.15, 0.2) is 47.4 Å². The zero-order valence-corrected chi connectivity index (χ0v) is 17.8. The molecule has 0 spiro atoms. The second-order valence-electron chi connectivity index (χ2n) is 6.59. The Morgan fingerprint density at radius 1 is 1.04 bits per heavy atom. The molecule has 0 aliphatic heterocycles. The largest absolute Gasteiger partial charge is 0.322 e. The second-order valence-corrected chi connectivity index (χ2v) is 8.36. The topological polar surface area (TPSA) is 78.5 Å². The number of carbonyl (C=O) groups is 1. The number of rotatable bonds is 9. The van der Waals surface area contributed by atoms with Gasteiger partial charge in [-0.2, -0.15) is 0 Å². The van der Waals surface area contributed by atoms with Gasteiger partial charge in [-0.3, -0.25) is 9.69 Å². The van der Waals surface area contributed by atoms with Gasteiger partial charge < -0.3 is 5.32 Å². The van der Waals surface area contributed by atoms with Gasteiger partial charge in [-0.15, -0.1) is 0 Å². The molecule has 2 N–H and O–H groups in total. The van der Waals surface area contributed by atoms with Crippen LogP contribution in [0.4, 0.5) is 5.69 Å². The Morgan fingerprint density at radius 3 is 2.39 bits per heavy atom. The van der Waals surface area contributed by atoms with E-state index in [2.05, 4.69) is 28.8 Å². The summed E-state index contributed by atoms with van der Waals surface area (Å²) in [6, 6.07) is 12.3. The Kier molecular flexibility index (Phi) is 7.74. The average molecular weight is 404 g/mol. The number of benzene rings is 2. The maximum absolute atomic E-state index is 12.8. The molecule has 152 valence electrons. The Balaban J connectivity index is 2.23. The highest BCUT2D eigenvalue weighted by molar-refractivity contribution is 7.89. The number of hydrogen-bond acceptors (Lipinski definition) is 4. The number of carbonyl (C=O) groups excluding carboxylic acids is 1. The van der Waals surface area contributed by atoms with E-state index in [1.807, 2.05) is 24.3 Å². The molecule has 0 bridgehead atoms. The Hall–Kier alpha value is -2.22. The first kappa shape index (κ1) is 22.1. The van der Waals surface area contributed by atoms with Gasteiger partial charge in [0.05, 0.1) is 4.90 Å². The summed E-state index contributed by atoms with van der Waals surface area (Å²) in [7, 11) is -3.62. The van der Waals surface area contributed by atoms with Crippen molar-refractivity contribution in [1.29, 1.82) is 0 Å². The van der Waals surface area contributed by atoms with Crippen molar-refractivity contribution in [3.05, 3.63) is 59.2 Å². The molecule has 2 aromatic rings. The van der Waals surface area contributed by atoms with Gasteiger partial charge in [0.2, 0.25) is 10.0 Å².